The Labute approximate surface area is 126 Å². The molecule has 2 rings (SSSR count). The minimum atomic E-state index is -0.615. The number of nitro benzene ring substituents is 1. The van der Waals surface area contributed by atoms with Crippen molar-refractivity contribution in [3.05, 3.63) is 32.8 Å². The van der Waals surface area contributed by atoms with Crippen LogP contribution in [-0.2, 0) is 4.74 Å². The molecular weight excluding hydrogens is 298 g/mol. The topological polar surface area (TPSA) is 107 Å². The molecule has 0 saturated heterocycles. The van der Waals surface area contributed by atoms with Gasteiger partial charge in [-0.25, -0.2) is 0 Å². The number of anilines is 1. The lowest BCUT2D eigenvalue weighted by Crippen LogP contribution is -2.41. The van der Waals surface area contributed by atoms with E-state index in [1.165, 1.54) is 0 Å². The highest BCUT2D eigenvalue weighted by Gasteiger charge is 2.29. The Hall–Kier alpha value is -1.86. The van der Waals surface area contributed by atoms with Crippen LogP contribution in [0.25, 0.3) is 0 Å². The van der Waals surface area contributed by atoms with Crippen LogP contribution in [0.1, 0.15) is 29.6 Å². The molecule has 0 aromatic heterocycles. The van der Waals surface area contributed by atoms with Gasteiger partial charge in [-0.15, -0.1) is 0 Å². The predicted octanol–water partition coefficient (Wildman–Crippen LogP) is 2.13. The molecule has 1 amide bonds. The molecule has 7 nitrogen and oxygen atoms in total. The van der Waals surface area contributed by atoms with E-state index in [2.05, 4.69) is 5.32 Å². The van der Waals surface area contributed by atoms with Gasteiger partial charge in [0.15, 0.2) is 0 Å². The number of halogens is 1. The Bertz CT molecular complexity index is 579. The average molecular weight is 314 g/mol. The van der Waals surface area contributed by atoms with Crippen LogP contribution in [0, 0.1) is 10.1 Å². The minimum Gasteiger partial charge on any atom is -0.397 e. The molecule has 1 aromatic rings. The van der Waals surface area contributed by atoms with E-state index in [4.69, 9.17) is 22.1 Å². The van der Waals surface area contributed by atoms with Crippen LogP contribution < -0.4 is 11.1 Å². The van der Waals surface area contributed by atoms with Crippen LogP contribution in [0.4, 0.5) is 11.4 Å². The van der Waals surface area contributed by atoms with E-state index in [9.17, 15) is 14.9 Å². The van der Waals surface area contributed by atoms with Crippen LogP contribution in [0.5, 0.6) is 0 Å². The van der Waals surface area contributed by atoms with Gasteiger partial charge in [-0.05, 0) is 19.3 Å². The molecule has 21 heavy (non-hydrogen) atoms. The molecule has 3 N–H and O–H groups in total. The summed E-state index contributed by atoms with van der Waals surface area (Å²) >= 11 is 5.85. The van der Waals surface area contributed by atoms with Crippen molar-refractivity contribution in [3.63, 3.8) is 0 Å². The number of non-ortho nitro benzene ring substituents is 1. The average Bonchev–Trinajstić information content (AvgIpc) is 2.88. The second-order valence-electron chi connectivity index (χ2n) is 4.93. The Morgan fingerprint density at radius 1 is 1.52 bits per heavy atom. The highest BCUT2D eigenvalue weighted by atomic mass is 35.5. The zero-order valence-corrected chi connectivity index (χ0v) is 12.2. The van der Waals surface area contributed by atoms with Crippen molar-refractivity contribution in [1.29, 1.82) is 0 Å². The van der Waals surface area contributed by atoms with Gasteiger partial charge in [0.2, 0.25) is 0 Å². The number of nitro groups is 1. The molecule has 0 spiro atoms. The van der Waals surface area contributed by atoms with Gasteiger partial charge in [-0.1, -0.05) is 11.6 Å². The van der Waals surface area contributed by atoms with E-state index in [0.29, 0.717) is 0 Å². The monoisotopic (exact) mass is 313 g/mol. The molecule has 114 valence electrons. The van der Waals surface area contributed by atoms with Crippen molar-refractivity contribution >= 4 is 28.9 Å². The van der Waals surface area contributed by atoms with Gasteiger partial charge in [0.1, 0.15) is 0 Å². The third kappa shape index (κ3) is 3.25. The molecule has 1 aliphatic carbocycles. The second-order valence-corrected chi connectivity index (χ2v) is 5.34. The van der Waals surface area contributed by atoms with Crippen molar-refractivity contribution in [2.45, 2.75) is 31.4 Å². The van der Waals surface area contributed by atoms with Crippen molar-refractivity contribution in [2.75, 3.05) is 12.8 Å². The number of benzene rings is 1. The summed E-state index contributed by atoms with van der Waals surface area (Å²) in [5.41, 5.74) is 5.52. The van der Waals surface area contributed by atoms with Gasteiger partial charge in [-0.2, -0.15) is 0 Å². The number of nitrogens with zero attached hydrogens (tertiary/aromatic N) is 1. The highest BCUT2D eigenvalue weighted by molar-refractivity contribution is 6.34. The summed E-state index contributed by atoms with van der Waals surface area (Å²) in [7, 11) is 1.59. The Kier molecular flexibility index (Phi) is 4.64. The smallest absolute Gasteiger partial charge is 0.271 e. The maximum Gasteiger partial charge on any atom is 0.271 e. The van der Waals surface area contributed by atoms with Crippen LogP contribution in [0.3, 0.4) is 0 Å². The zero-order chi connectivity index (χ0) is 15.6. The molecule has 0 radical (unpaired) electrons. The largest absolute Gasteiger partial charge is 0.397 e. The fourth-order valence-electron chi connectivity index (χ4n) is 2.52. The van der Waals surface area contributed by atoms with Crippen molar-refractivity contribution < 1.29 is 14.5 Å². The molecule has 1 saturated carbocycles. The fraction of sp³-hybridized carbons (Fsp3) is 0.462. The van der Waals surface area contributed by atoms with Gasteiger partial charge >= 0.3 is 0 Å². The van der Waals surface area contributed by atoms with E-state index in [-0.39, 0.29) is 34.1 Å². The Morgan fingerprint density at radius 3 is 2.86 bits per heavy atom. The Morgan fingerprint density at radius 2 is 2.24 bits per heavy atom. The number of rotatable bonds is 4. The van der Waals surface area contributed by atoms with Gasteiger partial charge in [0.05, 0.1) is 33.3 Å². The first kappa shape index (κ1) is 15.5. The van der Waals surface area contributed by atoms with E-state index in [1.54, 1.807) is 7.11 Å². The van der Waals surface area contributed by atoms with Gasteiger partial charge in [-0.3, -0.25) is 14.9 Å². The third-order valence-electron chi connectivity index (χ3n) is 3.64. The maximum absolute atomic E-state index is 12.3. The molecular formula is C13H16ClN3O4. The quantitative estimate of drug-likeness (QED) is 0.503. The van der Waals surface area contributed by atoms with E-state index in [0.717, 1.165) is 31.4 Å². The van der Waals surface area contributed by atoms with Gasteiger partial charge in [0, 0.05) is 19.2 Å². The number of hydrogen-bond donors (Lipinski definition) is 2. The zero-order valence-electron chi connectivity index (χ0n) is 11.5. The highest BCUT2D eigenvalue weighted by Crippen LogP contribution is 2.29. The van der Waals surface area contributed by atoms with Gasteiger partial charge < -0.3 is 15.8 Å². The molecule has 2 unspecified atom stereocenters. The molecule has 2 atom stereocenters. The SMILES string of the molecule is COC1CCCC1NC(=O)c1cc([N+](=O)[O-])cc(Cl)c1N. The van der Waals surface area contributed by atoms with Crippen molar-refractivity contribution in [2.24, 2.45) is 0 Å². The van der Waals surface area contributed by atoms with Crippen LogP contribution in [0.15, 0.2) is 12.1 Å². The fourth-order valence-corrected chi connectivity index (χ4v) is 2.73. The van der Waals surface area contributed by atoms with E-state index >= 15 is 0 Å². The number of nitrogen functional groups attached to an aromatic ring is 1. The predicted molar refractivity (Wildman–Crippen MR) is 78.4 cm³/mol. The standard InChI is InChI=1S/C13H16ClN3O4/c1-21-11-4-2-3-10(11)16-13(18)8-5-7(17(19)20)6-9(14)12(8)15/h5-6,10-11H,2-4,15H2,1H3,(H,16,18). The second kappa shape index (κ2) is 6.28. The maximum atomic E-state index is 12.3. The molecule has 8 heteroatoms. The number of nitrogens with one attached hydrogen (secondary N) is 1. The minimum absolute atomic E-state index is 0.0101. The lowest BCUT2D eigenvalue weighted by atomic mass is 10.1. The number of nitrogens with two attached hydrogens (primary N) is 1. The number of amides is 1. The molecule has 0 aliphatic heterocycles. The molecule has 1 aliphatic rings. The molecule has 1 aromatic carbocycles. The first-order valence-corrected chi connectivity index (χ1v) is 6.89. The summed E-state index contributed by atoms with van der Waals surface area (Å²) in [6.45, 7) is 0. The number of methoxy groups -OCH3 is 1. The van der Waals surface area contributed by atoms with Crippen LogP contribution >= 0.6 is 11.6 Å². The van der Waals surface area contributed by atoms with Crippen LogP contribution in [-0.4, -0.2) is 30.1 Å². The first-order valence-electron chi connectivity index (χ1n) is 6.51. The summed E-state index contributed by atoms with van der Waals surface area (Å²) in [6.07, 6.45) is 2.57. The number of hydrogen-bond acceptors (Lipinski definition) is 5. The lowest BCUT2D eigenvalue weighted by molar-refractivity contribution is -0.384. The normalized spacial score (nSPS) is 21.2. The number of carbonyl (C=O) groups is 1. The number of ether oxygens (including phenoxy) is 1. The Balaban J connectivity index is 2.24. The first-order chi connectivity index (χ1) is 9.93. The van der Waals surface area contributed by atoms with Gasteiger partial charge in [0.25, 0.3) is 11.6 Å². The summed E-state index contributed by atoms with van der Waals surface area (Å²) in [4.78, 5) is 22.5. The summed E-state index contributed by atoms with van der Waals surface area (Å²) in [6, 6.07) is 2.13. The summed E-state index contributed by atoms with van der Waals surface area (Å²) < 4.78 is 5.30. The molecule has 0 bridgehead atoms. The van der Waals surface area contributed by atoms with Crippen LogP contribution in [0.2, 0.25) is 5.02 Å². The van der Waals surface area contributed by atoms with Crippen molar-refractivity contribution in [3.8, 4) is 0 Å². The van der Waals surface area contributed by atoms with E-state index in [1.807, 2.05) is 0 Å². The third-order valence-corrected chi connectivity index (χ3v) is 3.95. The summed E-state index contributed by atoms with van der Waals surface area (Å²) in [5, 5.41) is 13.6. The van der Waals surface area contributed by atoms with Crippen molar-refractivity contribution in [1.82, 2.24) is 5.32 Å². The summed E-state index contributed by atoms with van der Waals surface area (Å²) in [5.74, 6) is -0.480. The lowest BCUT2D eigenvalue weighted by Gasteiger charge is -2.20. The molecule has 1 fully saturated rings. The molecule has 0 heterocycles. The van der Waals surface area contributed by atoms with E-state index < -0.39 is 10.8 Å². The number of carbonyl (C=O) groups excluding carboxylic acids is 1.